The molecular formula is C20H24N2O3. The molecule has 5 nitrogen and oxygen atoms in total. The minimum atomic E-state index is 0.0289. The lowest BCUT2D eigenvalue weighted by Crippen LogP contribution is -2.50. The second-order valence-electron chi connectivity index (χ2n) is 6.14. The minimum absolute atomic E-state index is 0.0289. The van der Waals surface area contributed by atoms with Crippen LogP contribution in [-0.2, 0) is 4.79 Å². The van der Waals surface area contributed by atoms with Gasteiger partial charge in [-0.15, -0.1) is 0 Å². The Kier molecular flexibility index (Phi) is 5.43. The molecule has 1 amide bonds. The fourth-order valence-corrected chi connectivity index (χ4v) is 3.03. The van der Waals surface area contributed by atoms with Gasteiger partial charge in [0.2, 0.25) is 0 Å². The lowest BCUT2D eigenvalue weighted by atomic mass is 10.2. The predicted molar refractivity (Wildman–Crippen MR) is 98.5 cm³/mol. The number of nitrogens with zero attached hydrogens (tertiary/aromatic N) is 2. The number of piperazine rings is 1. The zero-order valence-electron chi connectivity index (χ0n) is 14.8. The monoisotopic (exact) mass is 340 g/mol. The molecule has 1 fully saturated rings. The van der Waals surface area contributed by atoms with Gasteiger partial charge < -0.3 is 19.3 Å². The van der Waals surface area contributed by atoms with Gasteiger partial charge in [-0.2, -0.15) is 0 Å². The highest BCUT2D eigenvalue weighted by Gasteiger charge is 2.23. The van der Waals surface area contributed by atoms with Crippen molar-refractivity contribution in [3.05, 3.63) is 54.1 Å². The molecule has 0 aromatic heterocycles. The van der Waals surface area contributed by atoms with E-state index in [4.69, 9.17) is 9.47 Å². The van der Waals surface area contributed by atoms with Crippen LogP contribution >= 0.6 is 0 Å². The molecule has 2 aromatic rings. The maximum absolute atomic E-state index is 12.4. The number of hydrogen-bond acceptors (Lipinski definition) is 4. The standard InChI is InChI=1S/C20H24N2O3/c1-16-6-5-7-17(14-16)25-15-20(23)22-12-10-21(11-13-22)18-8-3-4-9-19(18)24-2/h3-9,14H,10-13,15H2,1-2H3. The predicted octanol–water partition coefficient (Wildman–Crippen LogP) is 2.73. The molecule has 5 heteroatoms. The third-order valence-corrected chi connectivity index (χ3v) is 4.41. The van der Waals surface area contributed by atoms with Gasteiger partial charge >= 0.3 is 0 Å². The normalized spacial score (nSPS) is 14.3. The lowest BCUT2D eigenvalue weighted by Gasteiger charge is -2.36. The number of para-hydroxylation sites is 2. The molecule has 0 atom stereocenters. The molecule has 1 heterocycles. The van der Waals surface area contributed by atoms with Crippen LogP contribution in [0.3, 0.4) is 0 Å². The summed E-state index contributed by atoms with van der Waals surface area (Å²) in [5.74, 6) is 1.63. The zero-order valence-corrected chi connectivity index (χ0v) is 14.8. The van der Waals surface area contributed by atoms with Gasteiger partial charge in [-0.3, -0.25) is 4.79 Å². The van der Waals surface area contributed by atoms with E-state index in [9.17, 15) is 4.79 Å². The van der Waals surface area contributed by atoms with E-state index < -0.39 is 0 Å². The average molecular weight is 340 g/mol. The Hall–Kier alpha value is -2.69. The van der Waals surface area contributed by atoms with Crippen LogP contribution < -0.4 is 14.4 Å². The minimum Gasteiger partial charge on any atom is -0.495 e. The van der Waals surface area contributed by atoms with E-state index in [1.165, 1.54) is 0 Å². The molecule has 0 saturated carbocycles. The Morgan fingerprint density at radius 1 is 1.04 bits per heavy atom. The Morgan fingerprint density at radius 3 is 2.52 bits per heavy atom. The van der Waals surface area contributed by atoms with Gasteiger partial charge in [0.25, 0.3) is 5.91 Å². The van der Waals surface area contributed by atoms with Crippen molar-refractivity contribution in [3.63, 3.8) is 0 Å². The molecule has 3 rings (SSSR count). The molecular weight excluding hydrogens is 316 g/mol. The largest absolute Gasteiger partial charge is 0.495 e. The van der Waals surface area contributed by atoms with Crippen molar-refractivity contribution in [3.8, 4) is 11.5 Å². The summed E-state index contributed by atoms with van der Waals surface area (Å²) in [7, 11) is 1.68. The van der Waals surface area contributed by atoms with Gasteiger partial charge in [-0.05, 0) is 36.8 Å². The van der Waals surface area contributed by atoms with Gasteiger partial charge in [-0.25, -0.2) is 0 Å². The van der Waals surface area contributed by atoms with Gasteiger partial charge in [-0.1, -0.05) is 24.3 Å². The molecule has 132 valence electrons. The maximum Gasteiger partial charge on any atom is 0.260 e. The summed E-state index contributed by atoms with van der Waals surface area (Å²) in [4.78, 5) is 16.5. The fraction of sp³-hybridized carbons (Fsp3) is 0.350. The molecule has 0 radical (unpaired) electrons. The number of aryl methyl sites for hydroxylation is 1. The van der Waals surface area contributed by atoms with E-state index in [1.807, 2.05) is 54.3 Å². The van der Waals surface area contributed by atoms with Crippen LogP contribution in [0.2, 0.25) is 0 Å². The van der Waals surface area contributed by atoms with E-state index in [1.54, 1.807) is 7.11 Å². The van der Waals surface area contributed by atoms with Crippen LogP contribution in [0.1, 0.15) is 5.56 Å². The molecule has 0 N–H and O–H groups in total. The molecule has 0 bridgehead atoms. The summed E-state index contributed by atoms with van der Waals surface area (Å²) in [6.07, 6.45) is 0. The zero-order chi connectivity index (χ0) is 17.6. The van der Waals surface area contributed by atoms with Gasteiger partial charge in [0.05, 0.1) is 12.8 Å². The Labute approximate surface area is 148 Å². The van der Waals surface area contributed by atoms with Crippen LogP contribution in [0.15, 0.2) is 48.5 Å². The topological polar surface area (TPSA) is 42.0 Å². The van der Waals surface area contributed by atoms with Crippen molar-refractivity contribution >= 4 is 11.6 Å². The van der Waals surface area contributed by atoms with E-state index >= 15 is 0 Å². The molecule has 1 aliphatic heterocycles. The van der Waals surface area contributed by atoms with Crippen molar-refractivity contribution in [1.82, 2.24) is 4.90 Å². The van der Waals surface area contributed by atoms with E-state index in [0.717, 1.165) is 35.8 Å². The highest BCUT2D eigenvalue weighted by molar-refractivity contribution is 5.78. The molecule has 1 saturated heterocycles. The molecule has 0 spiro atoms. The Bertz CT molecular complexity index is 724. The smallest absolute Gasteiger partial charge is 0.260 e. The molecule has 25 heavy (non-hydrogen) atoms. The van der Waals surface area contributed by atoms with E-state index in [0.29, 0.717) is 13.1 Å². The first-order valence-electron chi connectivity index (χ1n) is 8.52. The molecule has 2 aromatic carbocycles. The second kappa shape index (κ2) is 7.92. The van der Waals surface area contributed by atoms with E-state index in [-0.39, 0.29) is 12.5 Å². The highest BCUT2D eigenvalue weighted by Crippen LogP contribution is 2.28. The SMILES string of the molecule is COc1ccccc1N1CCN(C(=O)COc2cccc(C)c2)CC1. The number of amides is 1. The third kappa shape index (κ3) is 4.24. The number of carbonyl (C=O) groups is 1. The van der Waals surface area contributed by atoms with Crippen LogP contribution in [0.5, 0.6) is 11.5 Å². The van der Waals surface area contributed by atoms with Crippen molar-refractivity contribution in [2.45, 2.75) is 6.92 Å². The third-order valence-electron chi connectivity index (χ3n) is 4.41. The number of hydrogen-bond donors (Lipinski definition) is 0. The first kappa shape index (κ1) is 17.1. The Balaban J connectivity index is 1.52. The summed E-state index contributed by atoms with van der Waals surface area (Å²) in [6, 6.07) is 15.7. The molecule has 1 aliphatic rings. The van der Waals surface area contributed by atoms with Crippen LogP contribution in [-0.4, -0.2) is 50.7 Å². The van der Waals surface area contributed by atoms with E-state index in [2.05, 4.69) is 11.0 Å². The number of ether oxygens (including phenoxy) is 2. The summed E-state index contributed by atoms with van der Waals surface area (Å²) in [6.45, 7) is 5.04. The van der Waals surface area contributed by atoms with Crippen molar-refractivity contribution in [2.75, 3.05) is 44.8 Å². The van der Waals surface area contributed by atoms with Gasteiger partial charge in [0, 0.05) is 26.2 Å². The lowest BCUT2D eigenvalue weighted by molar-refractivity contribution is -0.133. The van der Waals surface area contributed by atoms with Crippen LogP contribution in [0, 0.1) is 6.92 Å². The number of carbonyl (C=O) groups excluding carboxylic acids is 1. The summed E-state index contributed by atoms with van der Waals surface area (Å²) >= 11 is 0. The average Bonchev–Trinajstić information content (AvgIpc) is 2.66. The van der Waals surface area contributed by atoms with Crippen LogP contribution in [0.4, 0.5) is 5.69 Å². The fourth-order valence-electron chi connectivity index (χ4n) is 3.03. The second-order valence-corrected chi connectivity index (χ2v) is 6.14. The summed E-state index contributed by atoms with van der Waals surface area (Å²) in [5, 5.41) is 0. The first-order chi connectivity index (χ1) is 12.2. The molecule has 0 aliphatic carbocycles. The maximum atomic E-state index is 12.4. The first-order valence-corrected chi connectivity index (χ1v) is 8.52. The highest BCUT2D eigenvalue weighted by atomic mass is 16.5. The number of benzene rings is 2. The molecule has 0 unspecified atom stereocenters. The number of methoxy groups -OCH3 is 1. The van der Waals surface area contributed by atoms with Crippen molar-refractivity contribution in [2.24, 2.45) is 0 Å². The van der Waals surface area contributed by atoms with Crippen molar-refractivity contribution < 1.29 is 14.3 Å². The number of rotatable bonds is 5. The van der Waals surface area contributed by atoms with Crippen molar-refractivity contribution in [1.29, 1.82) is 0 Å². The Morgan fingerprint density at radius 2 is 1.80 bits per heavy atom. The van der Waals surface area contributed by atoms with Gasteiger partial charge in [0.15, 0.2) is 6.61 Å². The van der Waals surface area contributed by atoms with Gasteiger partial charge in [0.1, 0.15) is 11.5 Å². The quantitative estimate of drug-likeness (QED) is 0.839. The summed E-state index contributed by atoms with van der Waals surface area (Å²) in [5.41, 5.74) is 2.20. The van der Waals surface area contributed by atoms with Crippen LogP contribution in [0.25, 0.3) is 0 Å². The number of anilines is 1. The summed E-state index contributed by atoms with van der Waals surface area (Å²) < 4.78 is 11.1.